The SMILES string of the molecule is CCCC/C(O)=C/NCCN(CC(O)CCCC)C(C)C(=O)O.CCCC/C([O-])=C/NCCN(CC(O)CCCC)C(C)C(=O)[O-].[Ca+2]. The Morgan fingerprint density at radius 1 is 0.702 bits per heavy atom. The van der Waals surface area contributed by atoms with E-state index in [1.807, 2.05) is 13.8 Å². The van der Waals surface area contributed by atoms with E-state index in [9.17, 15) is 40.2 Å². The summed E-state index contributed by atoms with van der Waals surface area (Å²) in [6, 6.07) is -1.42. The van der Waals surface area contributed by atoms with Crippen molar-refractivity contribution in [2.24, 2.45) is 0 Å². The van der Waals surface area contributed by atoms with E-state index in [1.54, 1.807) is 29.8 Å². The van der Waals surface area contributed by atoms with Crippen LogP contribution in [0.5, 0.6) is 0 Å². The topological polar surface area (TPSA) is 192 Å². The average molecular weight is 699 g/mol. The van der Waals surface area contributed by atoms with Crippen molar-refractivity contribution in [3.05, 3.63) is 23.9 Å². The van der Waals surface area contributed by atoms with Crippen molar-refractivity contribution in [2.45, 2.75) is 143 Å². The molecule has 0 fully saturated rings. The zero-order valence-electron chi connectivity index (χ0n) is 30.2. The fourth-order valence-electron chi connectivity index (χ4n) is 4.44. The van der Waals surface area contributed by atoms with Crippen molar-refractivity contribution in [1.29, 1.82) is 0 Å². The average Bonchev–Trinajstić information content (AvgIpc) is 3.02. The van der Waals surface area contributed by atoms with E-state index in [1.165, 1.54) is 6.20 Å². The maximum absolute atomic E-state index is 11.5. The molecule has 47 heavy (non-hydrogen) atoms. The van der Waals surface area contributed by atoms with E-state index in [4.69, 9.17) is 0 Å². The van der Waals surface area contributed by atoms with E-state index >= 15 is 0 Å². The summed E-state index contributed by atoms with van der Waals surface area (Å²) in [4.78, 5) is 25.7. The maximum Gasteiger partial charge on any atom is 2.00 e. The van der Waals surface area contributed by atoms with Crippen LogP contribution >= 0.6 is 0 Å². The Bertz CT molecular complexity index is 768. The Kier molecular flexibility index (Phi) is 35.4. The quantitative estimate of drug-likeness (QED) is 0.0397. The van der Waals surface area contributed by atoms with Crippen LogP contribution in [-0.2, 0) is 9.59 Å². The van der Waals surface area contributed by atoms with Crippen molar-refractivity contribution in [3.63, 3.8) is 0 Å². The molecule has 0 saturated carbocycles. The number of allylic oxidation sites excluding steroid dienone is 2. The number of aliphatic hydroxyl groups excluding tert-OH is 3. The first-order chi connectivity index (χ1) is 21.8. The number of carboxylic acids is 2. The van der Waals surface area contributed by atoms with Crippen LogP contribution < -0.4 is 20.8 Å². The van der Waals surface area contributed by atoms with Crippen molar-refractivity contribution < 1.29 is 40.2 Å². The number of unbranched alkanes of at least 4 members (excludes halogenated alkanes) is 4. The van der Waals surface area contributed by atoms with Crippen molar-refractivity contribution in [2.75, 3.05) is 39.3 Å². The summed E-state index contributed by atoms with van der Waals surface area (Å²) in [6.45, 7) is 13.9. The molecular formula is C34H66CaN4O8. The number of nitrogens with one attached hydrogen (secondary N) is 2. The summed E-state index contributed by atoms with van der Waals surface area (Å²) in [5, 5.41) is 67.3. The van der Waals surface area contributed by atoms with Gasteiger partial charge in [0.05, 0.1) is 18.2 Å². The molecule has 0 aromatic rings. The van der Waals surface area contributed by atoms with Crippen LogP contribution in [0.2, 0.25) is 0 Å². The molecule has 13 heteroatoms. The number of hydrogen-bond acceptors (Lipinski definition) is 11. The van der Waals surface area contributed by atoms with Crippen LogP contribution in [0.15, 0.2) is 23.9 Å². The molecule has 0 aliphatic rings. The van der Waals surface area contributed by atoms with Gasteiger partial charge in [-0.25, -0.2) is 0 Å². The van der Waals surface area contributed by atoms with E-state index < -0.39 is 36.2 Å². The fraction of sp³-hybridized carbons (Fsp3) is 0.824. The van der Waals surface area contributed by atoms with Crippen molar-refractivity contribution in [3.8, 4) is 0 Å². The van der Waals surface area contributed by atoms with Crippen LogP contribution in [0.3, 0.4) is 0 Å². The number of rotatable bonds is 28. The van der Waals surface area contributed by atoms with Gasteiger partial charge in [0.1, 0.15) is 11.8 Å². The van der Waals surface area contributed by atoms with Gasteiger partial charge in [-0.1, -0.05) is 72.6 Å². The minimum absolute atomic E-state index is 0. The van der Waals surface area contributed by atoms with E-state index in [2.05, 4.69) is 24.5 Å². The van der Waals surface area contributed by atoms with Gasteiger partial charge in [-0.2, -0.15) is 0 Å². The Balaban J connectivity index is -0.000000807. The molecule has 0 aliphatic carbocycles. The number of nitrogens with zero attached hydrogens (tertiary/aromatic N) is 2. The molecule has 4 unspecified atom stereocenters. The van der Waals surface area contributed by atoms with Crippen LogP contribution in [0.1, 0.15) is 119 Å². The normalized spacial score (nSPS) is 14.4. The van der Waals surface area contributed by atoms with E-state index in [-0.39, 0.29) is 43.5 Å². The number of carboxylic acid groups (broad SMARTS) is 2. The second-order valence-electron chi connectivity index (χ2n) is 12.0. The van der Waals surface area contributed by atoms with Crippen molar-refractivity contribution >= 4 is 49.7 Å². The van der Waals surface area contributed by atoms with Gasteiger partial charge in [-0.3, -0.25) is 14.6 Å². The minimum atomic E-state index is -1.16. The molecule has 0 saturated heterocycles. The van der Waals surface area contributed by atoms with Crippen LogP contribution in [0, 0.1) is 0 Å². The molecule has 0 aliphatic heterocycles. The van der Waals surface area contributed by atoms with E-state index in [0.29, 0.717) is 70.7 Å². The van der Waals surface area contributed by atoms with Gasteiger partial charge in [0, 0.05) is 57.9 Å². The van der Waals surface area contributed by atoms with Crippen molar-refractivity contribution in [1.82, 2.24) is 20.4 Å². The van der Waals surface area contributed by atoms with Gasteiger partial charge in [0.2, 0.25) is 0 Å². The molecule has 0 aromatic carbocycles. The smallest absolute Gasteiger partial charge is 0.874 e. The third kappa shape index (κ3) is 29.4. The Morgan fingerprint density at radius 2 is 1.13 bits per heavy atom. The number of carbonyl (C=O) groups excluding carboxylic acids is 1. The Hall–Kier alpha value is -1.28. The summed E-state index contributed by atoms with van der Waals surface area (Å²) in [6.07, 6.45) is 12.1. The first-order valence-electron chi connectivity index (χ1n) is 17.3. The van der Waals surface area contributed by atoms with Gasteiger partial charge >= 0.3 is 43.7 Å². The molecule has 6 N–H and O–H groups in total. The first kappa shape index (κ1) is 50.1. The standard InChI is InChI=1S/2C17H34N2O4.Ca/c2*1-4-6-8-15(20)12-18-10-11-19(14(3)17(22)23)13-16(21)9-7-5-2;/h2*12,14,16,18,20-21H,4-11,13H2,1-3H3,(H,22,23);/q;;+2/p-2/b2*15-12-;. The van der Waals surface area contributed by atoms with Crippen LogP contribution in [-0.4, -0.2) is 143 Å². The molecular weight excluding hydrogens is 632 g/mol. The van der Waals surface area contributed by atoms with Gasteiger partial charge in [-0.15, -0.1) is 5.76 Å². The predicted octanol–water partition coefficient (Wildman–Crippen LogP) is 2.07. The predicted molar refractivity (Wildman–Crippen MR) is 185 cm³/mol. The molecule has 0 amide bonds. The molecule has 0 bridgehead atoms. The molecule has 12 nitrogen and oxygen atoms in total. The minimum Gasteiger partial charge on any atom is -0.874 e. The maximum atomic E-state index is 11.5. The second kappa shape index (κ2) is 33.2. The Labute approximate surface area is 314 Å². The largest absolute Gasteiger partial charge is 2.00 e. The zero-order valence-corrected chi connectivity index (χ0v) is 32.4. The monoisotopic (exact) mass is 698 g/mol. The summed E-state index contributed by atoms with van der Waals surface area (Å²) in [5.74, 6) is -1.69. The summed E-state index contributed by atoms with van der Waals surface area (Å²) in [5.41, 5.74) is 0. The molecule has 4 atom stereocenters. The molecule has 0 heterocycles. The first-order valence-corrected chi connectivity index (χ1v) is 17.3. The van der Waals surface area contributed by atoms with Gasteiger partial charge in [0.25, 0.3) is 0 Å². The number of carbonyl (C=O) groups is 2. The second-order valence-corrected chi connectivity index (χ2v) is 12.0. The molecule has 0 rings (SSSR count). The molecule has 0 spiro atoms. The summed E-state index contributed by atoms with van der Waals surface area (Å²) in [7, 11) is 0. The van der Waals surface area contributed by atoms with Crippen LogP contribution in [0.4, 0.5) is 0 Å². The molecule has 0 radical (unpaired) electrons. The number of aliphatic hydroxyl groups is 3. The van der Waals surface area contributed by atoms with Crippen LogP contribution in [0.25, 0.3) is 0 Å². The van der Waals surface area contributed by atoms with E-state index in [0.717, 1.165) is 51.4 Å². The molecule has 0 aromatic heterocycles. The van der Waals surface area contributed by atoms with Gasteiger partial charge in [0.15, 0.2) is 0 Å². The third-order valence-corrected chi connectivity index (χ3v) is 7.65. The third-order valence-electron chi connectivity index (χ3n) is 7.65. The Morgan fingerprint density at radius 3 is 1.55 bits per heavy atom. The van der Waals surface area contributed by atoms with Gasteiger partial charge in [-0.05, 0) is 45.7 Å². The number of aliphatic carboxylic acids is 2. The fourth-order valence-corrected chi connectivity index (χ4v) is 4.44. The summed E-state index contributed by atoms with van der Waals surface area (Å²) >= 11 is 0. The zero-order chi connectivity index (χ0) is 35.3. The number of hydrogen-bond donors (Lipinski definition) is 6. The molecule has 272 valence electrons. The van der Waals surface area contributed by atoms with Gasteiger partial charge < -0.3 is 46.1 Å². The summed E-state index contributed by atoms with van der Waals surface area (Å²) < 4.78 is 0.